The van der Waals surface area contributed by atoms with Gasteiger partial charge in [-0.2, -0.15) is 0 Å². The number of imide groups is 1. The average Bonchev–Trinajstić information content (AvgIpc) is 3.28. The van der Waals surface area contributed by atoms with E-state index in [0.717, 1.165) is 27.4 Å². The molecule has 1 aliphatic heterocycles. The SMILES string of the molecule is O=C1C=C(c2[nH]c3ccccc3c2-c2cc3ccccc3o2)C(=O)N1. The van der Waals surface area contributed by atoms with E-state index in [9.17, 15) is 9.59 Å². The lowest BCUT2D eigenvalue weighted by Gasteiger charge is -2.01. The summed E-state index contributed by atoms with van der Waals surface area (Å²) in [4.78, 5) is 27.0. The molecule has 0 saturated carbocycles. The Kier molecular flexibility index (Phi) is 2.73. The summed E-state index contributed by atoms with van der Waals surface area (Å²) in [5.41, 5.74) is 3.33. The minimum Gasteiger partial charge on any atom is -0.456 e. The lowest BCUT2D eigenvalue weighted by atomic mass is 10.0. The number of para-hydroxylation sites is 2. The standard InChI is InChI=1S/C20H12N2O3/c23-17-10-13(20(24)22-17)19-18(12-6-2-3-7-14(12)21-19)16-9-11-5-1-4-8-15(11)25-16/h1-10,21H,(H,22,23,24). The van der Waals surface area contributed by atoms with E-state index >= 15 is 0 Å². The van der Waals surface area contributed by atoms with Gasteiger partial charge in [-0.1, -0.05) is 36.4 Å². The Hall–Kier alpha value is -3.60. The van der Waals surface area contributed by atoms with Crippen LogP contribution in [0.3, 0.4) is 0 Å². The molecule has 4 aromatic rings. The summed E-state index contributed by atoms with van der Waals surface area (Å²) in [5, 5.41) is 4.21. The highest BCUT2D eigenvalue weighted by Crippen LogP contribution is 2.39. The van der Waals surface area contributed by atoms with Crippen molar-refractivity contribution in [2.45, 2.75) is 0 Å². The van der Waals surface area contributed by atoms with Gasteiger partial charge in [-0.25, -0.2) is 0 Å². The van der Waals surface area contributed by atoms with Crippen molar-refractivity contribution in [1.82, 2.24) is 10.3 Å². The monoisotopic (exact) mass is 328 g/mol. The van der Waals surface area contributed by atoms with Crippen LogP contribution in [0.2, 0.25) is 0 Å². The second-order valence-corrected chi connectivity index (χ2v) is 5.95. The molecule has 2 N–H and O–H groups in total. The fourth-order valence-electron chi connectivity index (χ4n) is 3.30. The molecule has 3 heterocycles. The van der Waals surface area contributed by atoms with E-state index in [-0.39, 0.29) is 0 Å². The van der Waals surface area contributed by atoms with Crippen LogP contribution in [0.5, 0.6) is 0 Å². The maximum Gasteiger partial charge on any atom is 0.260 e. The number of carbonyl (C=O) groups is 2. The lowest BCUT2D eigenvalue weighted by molar-refractivity contribution is -0.123. The smallest absolute Gasteiger partial charge is 0.260 e. The van der Waals surface area contributed by atoms with E-state index in [1.807, 2.05) is 54.6 Å². The molecule has 25 heavy (non-hydrogen) atoms. The van der Waals surface area contributed by atoms with Gasteiger partial charge >= 0.3 is 0 Å². The van der Waals surface area contributed by atoms with Crippen molar-refractivity contribution < 1.29 is 14.0 Å². The number of benzene rings is 2. The van der Waals surface area contributed by atoms with Crippen LogP contribution in [-0.4, -0.2) is 16.8 Å². The Labute approximate surface area is 141 Å². The summed E-state index contributed by atoms with van der Waals surface area (Å²) < 4.78 is 6.02. The molecule has 0 fully saturated rings. The summed E-state index contributed by atoms with van der Waals surface area (Å²) >= 11 is 0. The number of carbonyl (C=O) groups excluding carboxylic acids is 2. The number of fused-ring (bicyclic) bond motifs is 2. The Morgan fingerprint density at radius 2 is 1.72 bits per heavy atom. The zero-order valence-corrected chi connectivity index (χ0v) is 13.0. The average molecular weight is 328 g/mol. The number of amides is 2. The fraction of sp³-hybridized carbons (Fsp3) is 0. The molecule has 0 saturated heterocycles. The van der Waals surface area contributed by atoms with E-state index in [4.69, 9.17) is 4.42 Å². The third-order valence-electron chi connectivity index (χ3n) is 4.40. The minimum absolute atomic E-state index is 0.316. The van der Waals surface area contributed by atoms with Gasteiger partial charge in [0, 0.05) is 22.4 Å². The van der Waals surface area contributed by atoms with Crippen molar-refractivity contribution in [2.75, 3.05) is 0 Å². The van der Waals surface area contributed by atoms with E-state index in [1.54, 1.807) is 0 Å². The number of furan rings is 1. The van der Waals surface area contributed by atoms with Gasteiger partial charge < -0.3 is 9.40 Å². The number of rotatable bonds is 2. The number of H-pyrrole nitrogens is 1. The fourth-order valence-corrected chi connectivity index (χ4v) is 3.30. The van der Waals surface area contributed by atoms with E-state index in [2.05, 4.69) is 10.3 Å². The maximum atomic E-state index is 12.2. The molecule has 5 heteroatoms. The molecule has 120 valence electrons. The largest absolute Gasteiger partial charge is 0.456 e. The number of aromatic nitrogens is 1. The summed E-state index contributed by atoms with van der Waals surface area (Å²) in [6, 6.07) is 17.4. The van der Waals surface area contributed by atoms with E-state index in [1.165, 1.54) is 6.08 Å². The zero-order valence-electron chi connectivity index (χ0n) is 13.0. The molecule has 5 nitrogen and oxygen atoms in total. The Morgan fingerprint density at radius 1 is 0.920 bits per heavy atom. The highest BCUT2D eigenvalue weighted by molar-refractivity contribution is 6.34. The number of hydrogen-bond donors (Lipinski definition) is 2. The molecular formula is C20H12N2O3. The molecule has 0 spiro atoms. The second-order valence-electron chi connectivity index (χ2n) is 5.95. The van der Waals surface area contributed by atoms with Crippen molar-refractivity contribution >= 4 is 39.3 Å². The van der Waals surface area contributed by atoms with Crippen LogP contribution in [-0.2, 0) is 9.59 Å². The molecule has 1 aliphatic rings. The first-order valence-corrected chi connectivity index (χ1v) is 7.88. The van der Waals surface area contributed by atoms with E-state index < -0.39 is 11.8 Å². The molecule has 0 atom stereocenters. The number of nitrogens with one attached hydrogen (secondary N) is 2. The van der Waals surface area contributed by atoms with Crippen LogP contribution in [0.1, 0.15) is 5.69 Å². The van der Waals surface area contributed by atoms with Gasteiger partial charge in [0.1, 0.15) is 11.3 Å². The van der Waals surface area contributed by atoms with Gasteiger partial charge in [0.15, 0.2) is 0 Å². The second kappa shape index (κ2) is 4.95. The van der Waals surface area contributed by atoms with Gasteiger partial charge in [0.2, 0.25) is 0 Å². The van der Waals surface area contributed by atoms with Gasteiger partial charge in [-0.05, 0) is 18.2 Å². The summed E-state index contributed by atoms with van der Waals surface area (Å²) in [5.74, 6) is -0.162. The van der Waals surface area contributed by atoms with Gasteiger partial charge in [-0.15, -0.1) is 0 Å². The Bertz CT molecular complexity index is 1180. The molecular weight excluding hydrogens is 316 g/mol. The van der Waals surface area contributed by atoms with Gasteiger partial charge in [0.25, 0.3) is 11.8 Å². The van der Waals surface area contributed by atoms with Crippen LogP contribution in [0, 0.1) is 0 Å². The molecule has 2 aromatic heterocycles. The highest BCUT2D eigenvalue weighted by Gasteiger charge is 2.28. The zero-order chi connectivity index (χ0) is 17.0. The predicted molar refractivity (Wildman–Crippen MR) is 94.6 cm³/mol. The van der Waals surface area contributed by atoms with Crippen LogP contribution in [0.25, 0.3) is 38.8 Å². The van der Waals surface area contributed by atoms with Gasteiger partial charge in [-0.3, -0.25) is 14.9 Å². The Balaban J connectivity index is 1.84. The summed E-state index contributed by atoms with van der Waals surface area (Å²) in [6.07, 6.45) is 1.32. The normalized spacial score (nSPS) is 14.3. The maximum absolute atomic E-state index is 12.2. The molecule has 0 unspecified atom stereocenters. The first-order chi connectivity index (χ1) is 12.2. The van der Waals surface area contributed by atoms with Crippen molar-refractivity contribution in [2.24, 2.45) is 0 Å². The quantitative estimate of drug-likeness (QED) is 0.552. The molecule has 0 radical (unpaired) electrons. The van der Waals surface area contributed by atoms with Crippen LogP contribution < -0.4 is 5.32 Å². The van der Waals surface area contributed by atoms with E-state index in [0.29, 0.717) is 17.0 Å². The molecule has 0 bridgehead atoms. The highest BCUT2D eigenvalue weighted by atomic mass is 16.3. The third kappa shape index (κ3) is 2.03. The Morgan fingerprint density at radius 3 is 2.52 bits per heavy atom. The van der Waals surface area contributed by atoms with Crippen LogP contribution >= 0.6 is 0 Å². The third-order valence-corrected chi connectivity index (χ3v) is 4.40. The molecule has 5 rings (SSSR count). The van der Waals surface area contributed by atoms with Crippen LogP contribution in [0.15, 0.2) is 65.1 Å². The summed E-state index contributed by atoms with van der Waals surface area (Å²) in [7, 11) is 0. The van der Waals surface area contributed by atoms with Crippen molar-refractivity contribution in [3.8, 4) is 11.3 Å². The van der Waals surface area contributed by atoms with Gasteiger partial charge in [0.05, 0.1) is 16.8 Å². The van der Waals surface area contributed by atoms with Crippen molar-refractivity contribution in [3.63, 3.8) is 0 Å². The molecule has 2 amide bonds. The van der Waals surface area contributed by atoms with Crippen molar-refractivity contribution in [1.29, 1.82) is 0 Å². The first-order valence-electron chi connectivity index (χ1n) is 7.88. The molecule has 0 aliphatic carbocycles. The number of aromatic amines is 1. The summed E-state index contributed by atoms with van der Waals surface area (Å²) in [6.45, 7) is 0. The minimum atomic E-state index is -0.408. The molecule has 2 aromatic carbocycles. The number of hydrogen-bond acceptors (Lipinski definition) is 3. The lowest BCUT2D eigenvalue weighted by Crippen LogP contribution is -2.21. The predicted octanol–water partition coefficient (Wildman–Crippen LogP) is 3.62. The van der Waals surface area contributed by atoms with Crippen molar-refractivity contribution in [3.05, 3.63) is 66.4 Å². The first kappa shape index (κ1) is 13.8. The topological polar surface area (TPSA) is 75.1 Å². The van der Waals surface area contributed by atoms with Crippen LogP contribution in [0.4, 0.5) is 0 Å².